The number of hydrogen-bond acceptors (Lipinski definition) is 3. The van der Waals surface area contributed by atoms with Gasteiger partial charge in [0, 0.05) is 43.9 Å². The molecule has 0 radical (unpaired) electrons. The number of hydrogen-bond donors (Lipinski definition) is 0. The van der Waals surface area contributed by atoms with Crippen molar-refractivity contribution in [3.63, 3.8) is 0 Å². The number of benzene rings is 1. The number of Topliss-reactive ketones (excluding diaryl/α,β-unsaturated/α-hetero) is 1. The highest BCUT2D eigenvalue weighted by atomic mass is 16.1. The highest BCUT2D eigenvalue weighted by Gasteiger charge is 2.26. The summed E-state index contributed by atoms with van der Waals surface area (Å²) in [5.41, 5.74) is 3.40. The fourth-order valence-corrected chi connectivity index (χ4v) is 2.80. The summed E-state index contributed by atoms with van der Waals surface area (Å²) in [4.78, 5) is 16.7. The third-order valence-corrected chi connectivity index (χ3v) is 3.87. The fourth-order valence-electron chi connectivity index (χ4n) is 2.80. The normalized spacial score (nSPS) is 20.8. The molecule has 0 atom stereocenters. The van der Waals surface area contributed by atoms with E-state index in [1.807, 2.05) is 0 Å². The molecule has 2 aliphatic rings. The van der Waals surface area contributed by atoms with Crippen LogP contribution in [0.2, 0.25) is 0 Å². The van der Waals surface area contributed by atoms with E-state index in [0.29, 0.717) is 12.2 Å². The van der Waals surface area contributed by atoms with Crippen molar-refractivity contribution in [1.82, 2.24) is 4.90 Å². The number of rotatable bonds is 1. The number of likely N-dealkylation sites (N-methyl/N-ethyl adjacent to an activating group) is 1. The van der Waals surface area contributed by atoms with Crippen molar-refractivity contribution >= 4 is 11.5 Å². The first-order valence-electron chi connectivity index (χ1n) is 6.34. The Bertz CT molecular complexity index is 448. The van der Waals surface area contributed by atoms with Gasteiger partial charge in [-0.05, 0) is 25.1 Å². The Morgan fingerprint density at radius 1 is 1.06 bits per heavy atom. The Morgan fingerprint density at radius 2 is 1.82 bits per heavy atom. The number of piperazine rings is 1. The Balaban J connectivity index is 1.93. The topological polar surface area (TPSA) is 23.6 Å². The highest BCUT2D eigenvalue weighted by molar-refractivity contribution is 6.05. The average Bonchev–Trinajstić information content (AvgIpc) is 2.73. The van der Waals surface area contributed by atoms with Gasteiger partial charge in [-0.25, -0.2) is 0 Å². The second-order valence-corrected chi connectivity index (χ2v) is 5.02. The van der Waals surface area contributed by atoms with Gasteiger partial charge in [-0.2, -0.15) is 0 Å². The maximum atomic E-state index is 12.0. The van der Waals surface area contributed by atoms with Crippen molar-refractivity contribution in [1.29, 1.82) is 0 Å². The lowest BCUT2D eigenvalue weighted by Gasteiger charge is -2.35. The third-order valence-electron chi connectivity index (χ3n) is 3.87. The van der Waals surface area contributed by atoms with Crippen LogP contribution in [0.4, 0.5) is 5.69 Å². The Hall–Kier alpha value is -1.35. The summed E-state index contributed by atoms with van der Waals surface area (Å²) in [5.74, 6) is 0.328. The fraction of sp³-hybridized carbons (Fsp3) is 0.500. The van der Waals surface area contributed by atoms with Gasteiger partial charge in [-0.15, -0.1) is 0 Å². The monoisotopic (exact) mass is 230 g/mol. The number of aryl methyl sites for hydroxylation is 1. The van der Waals surface area contributed by atoms with Crippen LogP contribution >= 0.6 is 0 Å². The van der Waals surface area contributed by atoms with Crippen LogP contribution < -0.4 is 4.90 Å². The summed E-state index contributed by atoms with van der Waals surface area (Å²) < 4.78 is 0. The molecule has 1 fully saturated rings. The molecule has 0 amide bonds. The smallest absolute Gasteiger partial charge is 0.165 e. The molecule has 0 spiro atoms. The van der Waals surface area contributed by atoms with E-state index in [0.717, 1.165) is 43.9 Å². The zero-order valence-corrected chi connectivity index (χ0v) is 10.3. The number of carbonyl (C=O) groups is 1. The first-order chi connectivity index (χ1) is 8.25. The lowest BCUT2D eigenvalue weighted by atomic mass is 10.1. The van der Waals surface area contributed by atoms with Crippen LogP contribution in [0.25, 0.3) is 0 Å². The molecule has 1 heterocycles. The molecule has 1 aromatic carbocycles. The lowest BCUT2D eigenvalue weighted by molar-refractivity contribution is 0.0995. The van der Waals surface area contributed by atoms with Gasteiger partial charge in [0.1, 0.15) is 0 Å². The second-order valence-electron chi connectivity index (χ2n) is 5.02. The molecule has 90 valence electrons. The van der Waals surface area contributed by atoms with Gasteiger partial charge in [0.15, 0.2) is 5.78 Å². The van der Waals surface area contributed by atoms with E-state index in [-0.39, 0.29) is 0 Å². The zero-order chi connectivity index (χ0) is 11.8. The molecule has 3 rings (SSSR count). The van der Waals surface area contributed by atoms with Gasteiger partial charge < -0.3 is 9.80 Å². The van der Waals surface area contributed by atoms with Gasteiger partial charge in [0.05, 0.1) is 0 Å². The van der Waals surface area contributed by atoms with Crippen molar-refractivity contribution in [2.45, 2.75) is 12.8 Å². The van der Waals surface area contributed by atoms with E-state index >= 15 is 0 Å². The molecule has 3 heteroatoms. The molecule has 0 saturated carbocycles. The van der Waals surface area contributed by atoms with Crippen LogP contribution in [-0.2, 0) is 6.42 Å². The minimum Gasteiger partial charge on any atom is -0.368 e. The summed E-state index contributed by atoms with van der Waals surface area (Å²) >= 11 is 0. The summed E-state index contributed by atoms with van der Waals surface area (Å²) in [6.07, 6.45) is 1.62. The molecule has 1 saturated heterocycles. The van der Waals surface area contributed by atoms with E-state index in [9.17, 15) is 4.79 Å². The summed E-state index contributed by atoms with van der Waals surface area (Å²) in [6.45, 7) is 4.22. The number of nitrogens with zero attached hydrogens (tertiary/aromatic N) is 2. The van der Waals surface area contributed by atoms with E-state index in [4.69, 9.17) is 0 Å². The van der Waals surface area contributed by atoms with Gasteiger partial charge in [0.2, 0.25) is 0 Å². The van der Waals surface area contributed by atoms with E-state index in [1.54, 1.807) is 0 Å². The molecule has 0 bridgehead atoms. The minimum absolute atomic E-state index is 0.328. The summed E-state index contributed by atoms with van der Waals surface area (Å²) in [5, 5.41) is 0. The van der Waals surface area contributed by atoms with Gasteiger partial charge in [-0.1, -0.05) is 12.1 Å². The van der Waals surface area contributed by atoms with E-state index in [1.165, 1.54) is 5.56 Å². The van der Waals surface area contributed by atoms with Crippen LogP contribution in [0.5, 0.6) is 0 Å². The van der Waals surface area contributed by atoms with Crippen LogP contribution in [-0.4, -0.2) is 43.9 Å². The molecule has 3 nitrogen and oxygen atoms in total. The molecule has 1 aromatic rings. The standard InChI is InChI=1S/C14H18N2O/c1-15-7-9-16(10-8-15)12-4-2-3-11-5-6-13(17)14(11)12/h2-4H,5-10H2,1H3. The maximum Gasteiger partial charge on any atom is 0.165 e. The number of carbonyl (C=O) groups excluding carboxylic acids is 1. The van der Waals surface area contributed by atoms with Crippen LogP contribution in [0, 0.1) is 0 Å². The SMILES string of the molecule is CN1CCN(c2cccc3c2C(=O)CC3)CC1. The molecular weight excluding hydrogens is 212 g/mol. The predicted octanol–water partition coefficient (Wildman–Crippen LogP) is 1.57. The lowest BCUT2D eigenvalue weighted by Crippen LogP contribution is -2.44. The number of anilines is 1. The van der Waals surface area contributed by atoms with Crippen molar-refractivity contribution in [2.24, 2.45) is 0 Å². The molecule has 1 aliphatic heterocycles. The maximum absolute atomic E-state index is 12.0. The molecular formula is C14H18N2O. The Labute approximate surface area is 102 Å². The van der Waals surface area contributed by atoms with Gasteiger partial charge >= 0.3 is 0 Å². The van der Waals surface area contributed by atoms with E-state index < -0.39 is 0 Å². The predicted molar refractivity (Wildman–Crippen MR) is 68.8 cm³/mol. The Kier molecular flexibility index (Phi) is 2.63. The molecule has 1 aliphatic carbocycles. The molecule has 17 heavy (non-hydrogen) atoms. The van der Waals surface area contributed by atoms with Gasteiger partial charge in [-0.3, -0.25) is 4.79 Å². The first kappa shape index (κ1) is 10.8. The average molecular weight is 230 g/mol. The van der Waals surface area contributed by atoms with Crippen molar-refractivity contribution in [2.75, 3.05) is 38.1 Å². The molecule has 0 N–H and O–H groups in total. The Morgan fingerprint density at radius 3 is 2.59 bits per heavy atom. The largest absolute Gasteiger partial charge is 0.368 e. The van der Waals surface area contributed by atoms with Crippen LogP contribution in [0.1, 0.15) is 22.3 Å². The molecule has 0 unspecified atom stereocenters. The van der Waals surface area contributed by atoms with Crippen molar-refractivity contribution < 1.29 is 4.79 Å². The third kappa shape index (κ3) is 1.84. The van der Waals surface area contributed by atoms with Crippen LogP contribution in [0.3, 0.4) is 0 Å². The minimum atomic E-state index is 0.328. The quantitative estimate of drug-likeness (QED) is 0.731. The number of ketones is 1. The van der Waals surface area contributed by atoms with E-state index in [2.05, 4.69) is 35.0 Å². The summed E-state index contributed by atoms with van der Waals surface area (Å²) in [6, 6.07) is 6.29. The highest BCUT2D eigenvalue weighted by Crippen LogP contribution is 2.31. The summed E-state index contributed by atoms with van der Waals surface area (Å²) in [7, 11) is 2.15. The van der Waals surface area contributed by atoms with Crippen molar-refractivity contribution in [3.05, 3.63) is 29.3 Å². The zero-order valence-electron chi connectivity index (χ0n) is 10.3. The van der Waals surface area contributed by atoms with Gasteiger partial charge in [0.25, 0.3) is 0 Å². The molecule has 0 aromatic heterocycles. The second kappa shape index (κ2) is 4.15. The van der Waals surface area contributed by atoms with Crippen LogP contribution in [0.15, 0.2) is 18.2 Å². The van der Waals surface area contributed by atoms with Crippen molar-refractivity contribution in [3.8, 4) is 0 Å². The first-order valence-corrected chi connectivity index (χ1v) is 6.34. The number of fused-ring (bicyclic) bond motifs is 1.